The molecule has 2 heteroatoms. The Kier molecular flexibility index (Phi) is 2.66. The number of hydrogen-bond acceptors (Lipinski definition) is 2. The fourth-order valence-electron chi connectivity index (χ4n) is 3.31. The van der Waals surface area contributed by atoms with Crippen molar-refractivity contribution in [2.75, 3.05) is 0 Å². The second-order valence-corrected chi connectivity index (χ2v) is 7.05. The van der Waals surface area contributed by atoms with Crippen LogP contribution in [0.5, 0.6) is 0 Å². The lowest BCUT2D eigenvalue weighted by Gasteiger charge is -2.23. The van der Waals surface area contributed by atoms with Crippen LogP contribution in [0.2, 0.25) is 0 Å². The number of hydrogen-bond donors (Lipinski definition) is 0. The normalized spacial score (nSPS) is 22.7. The van der Waals surface area contributed by atoms with Gasteiger partial charge in [-0.15, -0.1) is 22.7 Å². The van der Waals surface area contributed by atoms with E-state index in [1.807, 2.05) is 22.7 Å². The smallest absolute Gasteiger partial charge is 0.0337 e. The number of allylic oxidation sites excluding steroid dienone is 2. The summed E-state index contributed by atoms with van der Waals surface area (Å²) in [6, 6.07) is 4.66. The van der Waals surface area contributed by atoms with E-state index in [0.717, 1.165) is 0 Å². The van der Waals surface area contributed by atoms with Crippen molar-refractivity contribution in [1.82, 2.24) is 0 Å². The lowest BCUT2D eigenvalue weighted by molar-refractivity contribution is 0.808. The average molecular weight is 272 g/mol. The molecular formula is C16H16S2. The van der Waals surface area contributed by atoms with E-state index in [9.17, 15) is 0 Å². The fourth-order valence-corrected chi connectivity index (χ4v) is 5.42. The highest BCUT2D eigenvalue weighted by atomic mass is 32.1. The second kappa shape index (κ2) is 4.36. The molecule has 0 unspecified atom stereocenters. The summed E-state index contributed by atoms with van der Waals surface area (Å²) in [5.41, 5.74) is 6.54. The molecule has 0 saturated heterocycles. The molecule has 92 valence electrons. The first-order chi connectivity index (χ1) is 8.93. The zero-order chi connectivity index (χ0) is 11.9. The van der Waals surface area contributed by atoms with Crippen LogP contribution in [0.3, 0.4) is 0 Å². The van der Waals surface area contributed by atoms with Crippen LogP contribution >= 0.6 is 22.7 Å². The molecule has 0 fully saturated rings. The van der Waals surface area contributed by atoms with Crippen molar-refractivity contribution in [2.24, 2.45) is 0 Å². The summed E-state index contributed by atoms with van der Waals surface area (Å²) in [5.74, 6) is 0. The number of rotatable bonds is 0. The van der Waals surface area contributed by atoms with Gasteiger partial charge >= 0.3 is 0 Å². The molecule has 2 aromatic heterocycles. The van der Waals surface area contributed by atoms with Gasteiger partial charge in [0.25, 0.3) is 0 Å². The van der Waals surface area contributed by atoms with E-state index in [2.05, 4.69) is 22.9 Å². The third-order valence-corrected chi connectivity index (χ3v) is 6.18. The maximum Gasteiger partial charge on any atom is 0.0337 e. The van der Waals surface area contributed by atoms with E-state index < -0.39 is 0 Å². The largest absolute Gasteiger partial charge is 0.144 e. The Morgan fingerprint density at radius 3 is 1.67 bits per heavy atom. The Hall–Kier alpha value is -0.860. The van der Waals surface area contributed by atoms with Crippen molar-refractivity contribution < 1.29 is 0 Å². The van der Waals surface area contributed by atoms with Crippen molar-refractivity contribution in [3.05, 3.63) is 43.8 Å². The van der Waals surface area contributed by atoms with Crippen LogP contribution in [0.4, 0.5) is 0 Å². The molecule has 4 rings (SSSR count). The molecule has 0 aromatic carbocycles. The predicted molar refractivity (Wildman–Crippen MR) is 81.3 cm³/mol. The first-order valence-corrected chi connectivity index (χ1v) is 8.55. The SMILES string of the molecule is c1cc2c(s1)/C(=C1\CCCc3ccsc31)CCC2. The minimum absolute atomic E-state index is 1.28. The highest BCUT2D eigenvalue weighted by Gasteiger charge is 2.23. The van der Waals surface area contributed by atoms with Crippen molar-refractivity contribution in [3.63, 3.8) is 0 Å². The van der Waals surface area contributed by atoms with E-state index >= 15 is 0 Å². The Labute approximate surface area is 116 Å². The highest BCUT2D eigenvalue weighted by Crippen LogP contribution is 2.45. The van der Waals surface area contributed by atoms with Crippen LogP contribution in [0.1, 0.15) is 46.6 Å². The average Bonchev–Trinajstić information content (AvgIpc) is 3.06. The molecule has 2 aliphatic rings. The molecule has 0 saturated carbocycles. The van der Waals surface area contributed by atoms with Gasteiger partial charge in [-0.25, -0.2) is 0 Å². The fraction of sp³-hybridized carbons (Fsp3) is 0.375. The van der Waals surface area contributed by atoms with E-state index in [0.29, 0.717) is 0 Å². The topological polar surface area (TPSA) is 0 Å². The Morgan fingerprint density at radius 1 is 0.667 bits per heavy atom. The monoisotopic (exact) mass is 272 g/mol. The lowest BCUT2D eigenvalue weighted by atomic mass is 9.85. The quantitative estimate of drug-likeness (QED) is 0.603. The third kappa shape index (κ3) is 1.63. The van der Waals surface area contributed by atoms with Gasteiger partial charge in [0.05, 0.1) is 0 Å². The van der Waals surface area contributed by atoms with Crippen molar-refractivity contribution in [2.45, 2.75) is 38.5 Å². The molecule has 0 atom stereocenters. The van der Waals surface area contributed by atoms with Crippen LogP contribution in [-0.4, -0.2) is 0 Å². The molecule has 2 aromatic rings. The summed E-state index contributed by atoms with van der Waals surface area (Å²) in [4.78, 5) is 3.19. The lowest BCUT2D eigenvalue weighted by Crippen LogP contribution is -2.04. The van der Waals surface area contributed by atoms with Crippen LogP contribution in [-0.2, 0) is 12.8 Å². The van der Waals surface area contributed by atoms with Gasteiger partial charge in [-0.05, 0) is 83.7 Å². The molecular weight excluding hydrogens is 256 g/mol. The Morgan fingerprint density at radius 2 is 1.17 bits per heavy atom. The molecule has 0 N–H and O–H groups in total. The molecule has 18 heavy (non-hydrogen) atoms. The van der Waals surface area contributed by atoms with Crippen molar-refractivity contribution in [3.8, 4) is 0 Å². The molecule has 0 aliphatic heterocycles. The van der Waals surface area contributed by atoms with Crippen molar-refractivity contribution >= 4 is 33.8 Å². The molecule has 0 radical (unpaired) electrons. The standard InChI is InChI=1S/C16H16S2/c1-3-11-7-9-17-15(11)13(5-1)14-6-2-4-12-8-10-18-16(12)14/h7-10H,1-6H2/b14-13+. The minimum atomic E-state index is 1.28. The van der Waals surface area contributed by atoms with Crippen LogP contribution in [0, 0.1) is 0 Å². The number of fused-ring (bicyclic) bond motifs is 2. The summed E-state index contributed by atoms with van der Waals surface area (Å²) in [7, 11) is 0. The molecule has 0 bridgehead atoms. The second-order valence-electron chi connectivity index (χ2n) is 5.21. The van der Waals surface area contributed by atoms with Gasteiger partial charge in [-0.3, -0.25) is 0 Å². The summed E-state index contributed by atoms with van der Waals surface area (Å²) >= 11 is 3.90. The maximum atomic E-state index is 2.33. The van der Waals surface area contributed by atoms with Gasteiger partial charge in [-0.1, -0.05) is 0 Å². The van der Waals surface area contributed by atoms with Gasteiger partial charge in [0.2, 0.25) is 0 Å². The molecule has 2 aliphatic carbocycles. The number of aryl methyl sites for hydroxylation is 2. The zero-order valence-electron chi connectivity index (χ0n) is 10.4. The van der Waals surface area contributed by atoms with Gasteiger partial charge in [0.1, 0.15) is 0 Å². The molecule has 0 spiro atoms. The van der Waals surface area contributed by atoms with Gasteiger partial charge in [0, 0.05) is 9.75 Å². The first-order valence-electron chi connectivity index (χ1n) is 6.79. The maximum absolute atomic E-state index is 2.33. The van der Waals surface area contributed by atoms with Crippen molar-refractivity contribution in [1.29, 1.82) is 0 Å². The zero-order valence-corrected chi connectivity index (χ0v) is 12.0. The van der Waals surface area contributed by atoms with E-state index in [-0.39, 0.29) is 0 Å². The molecule has 0 nitrogen and oxygen atoms in total. The van der Waals surface area contributed by atoms with Crippen LogP contribution < -0.4 is 0 Å². The Bertz CT molecular complexity index is 558. The molecule has 2 heterocycles. The number of thiophene rings is 2. The third-order valence-electron chi connectivity index (χ3n) is 4.15. The first kappa shape index (κ1) is 11.0. The van der Waals surface area contributed by atoms with Crippen LogP contribution in [0.25, 0.3) is 11.1 Å². The van der Waals surface area contributed by atoms with E-state index in [4.69, 9.17) is 0 Å². The van der Waals surface area contributed by atoms with E-state index in [1.165, 1.54) is 38.5 Å². The summed E-state index contributed by atoms with van der Waals surface area (Å²) in [5, 5.41) is 4.55. The predicted octanol–water partition coefficient (Wildman–Crippen LogP) is 5.39. The van der Waals surface area contributed by atoms with Crippen LogP contribution in [0.15, 0.2) is 22.9 Å². The Balaban J connectivity index is 1.92. The summed E-state index contributed by atoms with van der Waals surface area (Å²) in [6.45, 7) is 0. The van der Waals surface area contributed by atoms with Gasteiger partial charge in [-0.2, -0.15) is 0 Å². The van der Waals surface area contributed by atoms with Gasteiger partial charge < -0.3 is 0 Å². The summed E-state index contributed by atoms with van der Waals surface area (Å²) in [6.07, 6.45) is 7.83. The molecule has 0 amide bonds. The van der Waals surface area contributed by atoms with Gasteiger partial charge in [0.15, 0.2) is 0 Å². The summed E-state index contributed by atoms with van der Waals surface area (Å²) < 4.78 is 0. The highest BCUT2D eigenvalue weighted by molar-refractivity contribution is 7.12. The minimum Gasteiger partial charge on any atom is -0.144 e. The van der Waals surface area contributed by atoms with E-state index in [1.54, 1.807) is 32.0 Å².